The van der Waals surface area contributed by atoms with Gasteiger partial charge in [-0.2, -0.15) is 13.2 Å². The number of hydrogen-bond donors (Lipinski definition) is 1. The summed E-state index contributed by atoms with van der Waals surface area (Å²) in [5.74, 6) is -1.96. The van der Waals surface area contributed by atoms with Gasteiger partial charge in [-0.3, -0.25) is 0 Å². The second kappa shape index (κ2) is 8.66. The van der Waals surface area contributed by atoms with Gasteiger partial charge in [-0.05, 0) is 18.2 Å². The molecule has 2 rings (SSSR count). The van der Waals surface area contributed by atoms with Crippen LogP contribution in [0.25, 0.3) is 6.08 Å². The van der Waals surface area contributed by atoms with E-state index >= 15 is 0 Å². The molecule has 0 aliphatic carbocycles. The molecule has 1 aliphatic rings. The van der Waals surface area contributed by atoms with Crippen LogP contribution in [0.1, 0.15) is 5.56 Å². The molecule has 1 heterocycles. The summed E-state index contributed by atoms with van der Waals surface area (Å²) in [6.45, 7) is 0. The summed E-state index contributed by atoms with van der Waals surface area (Å²) in [6.07, 6.45) is -6.56. The fourth-order valence-electron chi connectivity index (χ4n) is 1.65. The van der Waals surface area contributed by atoms with Gasteiger partial charge >= 0.3 is 61.6 Å². The van der Waals surface area contributed by atoms with Crippen molar-refractivity contribution >= 4 is 75.2 Å². The van der Waals surface area contributed by atoms with Gasteiger partial charge in [-0.1, -0.05) is 23.2 Å². The van der Waals surface area contributed by atoms with Crippen molar-refractivity contribution in [2.45, 2.75) is 12.3 Å². The maximum atomic E-state index is 12.8. The molecule has 1 atom stereocenters. The van der Waals surface area contributed by atoms with Crippen LogP contribution in [0.5, 0.6) is 5.75 Å². The Balaban J connectivity index is 0.000000745. The molecule has 3 nitrogen and oxygen atoms in total. The third-order valence-corrected chi connectivity index (χ3v) is 2.91. The summed E-state index contributed by atoms with van der Waals surface area (Å²) in [7, 11) is 0.628. The van der Waals surface area contributed by atoms with E-state index in [1.807, 2.05) is 0 Å². The van der Waals surface area contributed by atoms with Crippen LogP contribution in [0, 0.1) is 0 Å². The molecule has 0 spiro atoms. The Morgan fingerprint density at radius 2 is 1.86 bits per heavy atom. The fourth-order valence-corrected chi connectivity index (χ4v) is 2.21. The van der Waals surface area contributed by atoms with Gasteiger partial charge in [0.05, 0.1) is 10.6 Å². The van der Waals surface area contributed by atoms with Crippen molar-refractivity contribution < 1.29 is 37.3 Å². The van der Waals surface area contributed by atoms with Crippen molar-refractivity contribution in [3.05, 3.63) is 33.3 Å². The minimum atomic E-state index is -4.86. The predicted molar refractivity (Wildman–Crippen MR) is 90.6 cm³/mol. The molecule has 22 heavy (non-hydrogen) atoms. The molecule has 121 valence electrons. The van der Waals surface area contributed by atoms with Gasteiger partial charge < -0.3 is 9.84 Å². The van der Waals surface area contributed by atoms with Gasteiger partial charge in [0.15, 0.2) is 0 Å². The number of carboxylic acids is 1. The van der Waals surface area contributed by atoms with E-state index in [1.165, 1.54) is 12.1 Å². The Hall–Kier alpha value is 0.644. The molecule has 0 aromatic heterocycles. The van der Waals surface area contributed by atoms with E-state index in [4.69, 9.17) is 33.0 Å². The van der Waals surface area contributed by atoms with Crippen LogP contribution in [0.3, 0.4) is 0 Å². The zero-order valence-electron chi connectivity index (χ0n) is 10.2. The molecule has 1 aromatic rings. The number of fused-ring (bicyclic) bond motifs is 1. The van der Waals surface area contributed by atoms with Crippen molar-refractivity contribution in [2.24, 2.45) is 0 Å². The van der Waals surface area contributed by atoms with Gasteiger partial charge in [0.1, 0.15) is 5.75 Å². The molecule has 0 amide bonds. The van der Waals surface area contributed by atoms with Crippen LogP contribution < -0.4 is 4.74 Å². The second-order valence-corrected chi connectivity index (χ2v) is 16.4. The third kappa shape index (κ3) is 5.33. The predicted octanol–water partition coefficient (Wildman–Crippen LogP) is 5.55. The third-order valence-electron chi connectivity index (χ3n) is 2.41. The molecule has 1 aliphatic heterocycles. The summed E-state index contributed by atoms with van der Waals surface area (Å²) in [5, 5.41) is 8.87. The number of hydrogen-bond acceptors (Lipinski definition) is 2. The van der Waals surface area contributed by atoms with Gasteiger partial charge in [0.25, 0.3) is 0 Å². The zero-order chi connectivity index (χ0) is 17.1. The Kier molecular flexibility index (Phi) is 8.14. The van der Waals surface area contributed by atoms with E-state index < -0.39 is 23.8 Å². The van der Waals surface area contributed by atoms with E-state index in [9.17, 15) is 18.0 Å². The molecule has 0 saturated heterocycles. The van der Waals surface area contributed by atoms with Crippen molar-refractivity contribution in [3.63, 3.8) is 0 Å². The van der Waals surface area contributed by atoms with Crippen LogP contribution in [-0.4, -0.2) is 23.4 Å². The molecular weight excluding hydrogens is 613 g/mol. The quantitative estimate of drug-likeness (QED) is 0.421. The molecule has 1 unspecified atom stereocenters. The number of carbonyl (C=O) groups is 1. The van der Waals surface area contributed by atoms with Gasteiger partial charge in [-0.15, -0.1) is 0 Å². The minimum absolute atomic E-state index is 0.0930. The number of halogens is 7. The average Bonchev–Trinajstić information content (AvgIpc) is 2.36. The first-order valence-corrected chi connectivity index (χ1v) is 15.0. The monoisotopic (exact) mass is 617 g/mol. The molecular formula is C11H5Cl2F3I2O3V. The number of alkyl halides is 3. The van der Waals surface area contributed by atoms with Crippen molar-refractivity contribution in [1.29, 1.82) is 0 Å². The molecule has 0 bridgehead atoms. The summed E-state index contributed by atoms with van der Waals surface area (Å²) < 4.78 is 43.0. The molecule has 1 N–H and O–H groups in total. The summed E-state index contributed by atoms with van der Waals surface area (Å²) in [5.41, 5.74) is -0.825. The van der Waals surface area contributed by atoms with E-state index in [2.05, 4.69) is 40.0 Å². The molecule has 0 fully saturated rings. The molecule has 11 heteroatoms. The Labute approximate surface area is 162 Å². The molecule has 1 aromatic carbocycles. The average molecular weight is 618 g/mol. The van der Waals surface area contributed by atoms with E-state index in [1.54, 1.807) is 0 Å². The Morgan fingerprint density at radius 1 is 1.32 bits per heavy atom. The van der Waals surface area contributed by atoms with Crippen molar-refractivity contribution in [3.8, 4) is 5.75 Å². The number of ether oxygens (including phenoxy) is 1. The number of benzene rings is 1. The summed E-state index contributed by atoms with van der Waals surface area (Å²) in [6, 6.07) is 2.49. The summed E-state index contributed by atoms with van der Waals surface area (Å²) in [4.78, 5) is 10.9. The first-order valence-electron chi connectivity index (χ1n) is 5.21. The second-order valence-electron chi connectivity index (χ2n) is 3.81. The van der Waals surface area contributed by atoms with E-state index in [0.29, 0.717) is 9.47 Å². The number of aliphatic carboxylic acids is 1. The zero-order valence-corrected chi connectivity index (χ0v) is 17.4. The normalized spacial score (nSPS) is 16.5. The fraction of sp³-hybridized carbons (Fsp3) is 0.182. The van der Waals surface area contributed by atoms with Crippen molar-refractivity contribution in [1.82, 2.24) is 0 Å². The molecule has 0 saturated carbocycles. The van der Waals surface area contributed by atoms with Crippen LogP contribution >= 0.6 is 63.2 Å². The molecule has 0 radical (unpaired) electrons. The van der Waals surface area contributed by atoms with Crippen LogP contribution in [0.15, 0.2) is 17.7 Å². The Bertz CT molecular complexity index is 611. The maximum absolute atomic E-state index is 12.8. The van der Waals surface area contributed by atoms with Crippen LogP contribution in [-0.2, 0) is 14.3 Å². The number of carboxylic acid groups (broad SMARTS) is 1. The van der Waals surface area contributed by atoms with Crippen LogP contribution in [0.2, 0.25) is 10.0 Å². The van der Waals surface area contributed by atoms with E-state index in [0.717, 1.165) is 6.08 Å². The van der Waals surface area contributed by atoms with Gasteiger partial charge in [0.2, 0.25) is 6.10 Å². The Morgan fingerprint density at radius 3 is 2.32 bits per heavy atom. The topological polar surface area (TPSA) is 46.5 Å². The standard InChI is InChI=1S/C11H5Cl2F3O3.2HI.V/c12-5-1-4-2-6(10(17)18)9(11(14,15)16)19-8(4)7(13)3-5;;;/h1-3,9H,(H,17,18);2*1H;/q;;;+2/p-2. The van der Waals surface area contributed by atoms with Gasteiger partial charge in [0, 0.05) is 10.6 Å². The first kappa shape index (κ1) is 20.7. The van der Waals surface area contributed by atoms with Gasteiger partial charge in [-0.25, -0.2) is 4.79 Å². The van der Waals surface area contributed by atoms with Crippen molar-refractivity contribution in [2.75, 3.05) is 0 Å². The SMILES string of the molecule is O=C(O)C1=Cc2cc(Cl)cc(Cl)c2OC1C(F)(F)F.[I][V][I]. The summed E-state index contributed by atoms with van der Waals surface area (Å²) >= 11 is 16.2. The first-order chi connectivity index (χ1) is 10.1. The van der Waals surface area contributed by atoms with Crippen LogP contribution in [0.4, 0.5) is 13.2 Å². The van der Waals surface area contributed by atoms with E-state index in [-0.39, 0.29) is 21.4 Å². The number of rotatable bonds is 1.